The molecule has 0 heterocycles. The second-order valence-corrected chi connectivity index (χ2v) is 6.66. The summed E-state index contributed by atoms with van der Waals surface area (Å²) in [5.74, 6) is 1.27. The molecule has 9 heteroatoms. The van der Waals surface area contributed by atoms with E-state index in [1.54, 1.807) is 37.4 Å². The zero-order chi connectivity index (χ0) is 23.3. The number of amides is 2. The summed E-state index contributed by atoms with van der Waals surface area (Å²) in [6, 6.07) is 10.1. The smallest absolute Gasteiger partial charge is 0.259 e. The quantitative estimate of drug-likeness (QED) is 0.297. The molecule has 2 aromatic carbocycles. The molecule has 0 atom stereocenters. The molecule has 32 heavy (non-hydrogen) atoms. The van der Waals surface area contributed by atoms with Crippen molar-refractivity contribution >= 4 is 18.0 Å². The van der Waals surface area contributed by atoms with Crippen molar-refractivity contribution in [1.29, 1.82) is 0 Å². The highest BCUT2D eigenvalue weighted by molar-refractivity contribution is 5.97. The van der Waals surface area contributed by atoms with Gasteiger partial charge in [-0.2, -0.15) is 5.10 Å². The van der Waals surface area contributed by atoms with Crippen LogP contribution in [0.15, 0.2) is 41.5 Å². The first-order chi connectivity index (χ1) is 15.5. The monoisotopic (exact) mass is 443 g/mol. The molecule has 0 saturated carbocycles. The molecule has 0 aliphatic heterocycles. The Bertz CT molecular complexity index is 945. The molecule has 0 aromatic heterocycles. The molecule has 0 bridgehead atoms. The van der Waals surface area contributed by atoms with Crippen molar-refractivity contribution in [2.24, 2.45) is 5.10 Å². The fourth-order valence-corrected chi connectivity index (χ4v) is 2.67. The van der Waals surface area contributed by atoms with Crippen LogP contribution < -0.4 is 29.7 Å². The number of unbranched alkanes of at least 4 members (excludes halogenated alkanes) is 1. The van der Waals surface area contributed by atoms with Gasteiger partial charge in [-0.05, 0) is 48.4 Å². The van der Waals surface area contributed by atoms with Gasteiger partial charge in [0.05, 0.1) is 40.7 Å². The normalized spacial score (nSPS) is 10.5. The van der Waals surface area contributed by atoms with Crippen LogP contribution in [0.5, 0.6) is 23.0 Å². The Kier molecular flexibility index (Phi) is 9.83. The number of methoxy groups -OCH3 is 3. The van der Waals surface area contributed by atoms with E-state index >= 15 is 0 Å². The van der Waals surface area contributed by atoms with Gasteiger partial charge in [0.15, 0.2) is 23.0 Å². The van der Waals surface area contributed by atoms with E-state index in [0.717, 1.165) is 18.4 Å². The number of hydrogen-bond acceptors (Lipinski definition) is 7. The molecule has 2 aromatic rings. The molecule has 9 nitrogen and oxygen atoms in total. The minimum Gasteiger partial charge on any atom is -0.493 e. The number of hydrogen-bond donors (Lipinski definition) is 2. The molecule has 0 radical (unpaired) electrons. The Morgan fingerprint density at radius 1 is 0.938 bits per heavy atom. The van der Waals surface area contributed by atoms with Gasteiger partial charge >= 0.3 is 0 Å². The molecule has 0 fully saturated rings. The van der Waals surface area contributed by atoms with E-state index in [4.69, 9.17) is 18.9 Å². The Balaban J connectivity index is 1.86. The van der Waals surface area contributed by atoms with Crippen molar-refractivity contribution in [2.75, 3.05) is 34.5 Å². The van der Waals surface area contributed by atoms with E-state index in [1.807, 2.05) is 0 Å². The van der Waals surface area contributed by atoms with E-state index < -0.39 is 11.8 Å². The second kappa shape index (κ2) is 12.8. The summed E-state index contributed by atoms with van der Waals surface area (Å²) < 4.78 is 21.4. The third-order valence-electron chi connectivity index (χ3n) is 4.40. The van der Waals surface area contributed by atoms with Crippen LogP contribution in [0.4, 0.5) is 0 Å². The van der Waals surface area contributed by atoms with Crippen LogP contribution in [0.2, 0.25) is 0 Å². The number of nitrogens with zero attached hydrogens (tertiary/aromatic N) is 1. The van der Waals surface area contributed by atoms with Crippen LogP contribution in [0.25, 0.3) is 0 Å². The Hall–Kier alpha value is -3.75. The number of carbonyl (C=O) groups is 2. The van der Waals surface area contributed by atoms with Crippen molar-refractivity contribution in [2.45, 2.75) is 19.8 Å². The lowest BCUT2D eigenvalue weighted by Crippen LogP contribution is -2.34. The minimum absolute atomic E-state index is 0.238. The van der Waals surface area contributed by atoms with Crippen molar-refractivity contribution in [1.82, 2.24) is 10.7 Å². The summed E-state index contributed by atoms with van der Waals surface area (Å²) in [5.41, 5.74) is 3.43. The fraction of sp³-hybridized carbons (Fsp3) is 0.348. The fourth-order valence-electron chi connectivity index (χ4n) is 2.67. The topological polar surface area (TPSA) is 107 Å². The summed E-state index contributed by atoms with van der Waals surface area (Å²) in [6.45, 7) is 2.47. The van der Waals surface area contributed by atoms with E-state index in [2.05, 4.69) is 22.8 Å². The van der Waals surface area contributed by atoms with Gasteiger partial charge in [-0.3, -0.25) is 9.59 Å². The van der Waals surface area contributed by atoms with Crippen LogP contribution >= 0.6 is 0 Å². The number of hydrazone groups is 1. The predicted octanol–water partition coefficient (Wildman–Crippen LogP) is 2.77. The number of rotatable bonds is 12. The van der Waals surface area contributed by atoms with E-state index in [1.165, 1.54) is 26.5 Å². The van der Waals surface area contributed by atoms with Crippen LogP contribution in [0.1, 0.15) is 35.7 Å². The SMILES string of the molecule is CCCCOc1ccc(/C=N/NC(=O)CNC(=O)c2ccc(OC)c(OC)c2)cc1OC. The zero-order valence-corrected chi connectivity index (χ0v) is 18.8. The molecule has 0 unspecified atom stereocenters. The first kappa shape index (κ1) is 24.5. The van der Waals surface area contributed by atoms with Gasteiger partial charge in [0, 0.05) is 5.56 Å². The first-order valence-electron chi connectivity index (χ1n) is 10.1. The highest BCUT2D eigenvalue weighted by Gasteiger charge is 2.12. The molecule has 2 N–H and O–H groups in total. The lowest BCUT2D eigenvalue weighted by atomic mass is 10.2. The summed E-state index contributed by atoms with van der Waals surface area (Å²) in [5, 5.41) is 6.44. The molecule has 2 rings (SSSR count). The molecule has 172 valence electrons. The summed E-state index contributed by atoms with van der Waals surface area (Å²) >= 11 is 0. The minimum atomic E-state index is -0.471. The van der Waals surface area contributed by atoms with E-state index in [-0.39, 0.29) is 6.54 Å². The van der Waals surface area contributed by atoms with Gasteiger partial charge in [-0.25, -0.2) is 5.43 Å². The van der Waals surface area contributed by atoms with Crippen molar-refractivity contribution < 1.29 is 28.5 Å². The maximum Gasteiger partial charge on any atom is 0.259 e. The van der Waals surface area contributed by atoms with Crippen molar-refractivity contribution in [3.8, 4) is 23.0 Å². The largest absolute Gasteiger partial charge is 0.493 e. The molecule has 0 spiro atoms. The number of benzene rings is 2. The van der Waals surface area contributed by atoms with Gasteiger partial charge in [-0.15, -0.1) is 0 Å². The van der Waals surface area contributed by atoms with Crippen LogP contribution in [0.3, 0.4) is 0 Å². The third-order valence-corrected chi connectivity index (χ3v) is 4.40. The maximum atomic E-state index is 12.3. The van der Waals surface area contributed by atoms with Gasteiger partial charge in [0.2, 0.25) is 0 Å². The average molecular weight is 444 g/mol. The molecular weight excluding hydrogens is 414 g/mol. The standard InChI is InChI=1S/C23H29N3O6/c1-5-6-11-32-19-9-7-16(12-20(19)30-3)14-25-26-22(27)15-24-23(28)17-8-10-18(29-2)21(13-17)31-4/h7-10,12-14H,5-6,11,15H2,1-4H3,(H,24,28)(H,26,27)/b25-14+. The molecule has 2 amide bonds. The summed E-state index contributed by atoms with van der Waals surface area (Å²) in [4.78, 5) is 24.2. The molecule has 0 saturated heterocycles. The Labute approximate surface area is 187 Å². The van der Waals surface area contributed by atoms with Gasteiger partial charge in [0.25, 0.3) is 11.8 Å². The average Bonchev–Trinajstić information content (AvgIpc) is 2.82. The zero-order valence-electron chi connectivity index (χ0n) is 18.8. The van der Waals surface area contributed by atoms with E-state index in [0.29, 0.717) is 35.2 Å². The third kappa shape index (κ3) is 7.19. The van der Waals surface area contributed by atoms with Crippen LogP contribution in [0, 0.1) is 0 Å². The number of nitrogens with one attached hydrogen (secondary N) is 2. The number of ether oxygens (including phenoxy) is 4. The highest BCUT2D eigenvalue weighted by atomic mass is 16.5. The van der Waals surface area contributed by atoms with Gasteiger partial charge in [0.1, 0.15) is 0 Å². The molecule has 0 aliphatic carbocycles. The Morgan fingerprint density at radius 3 is 2.31 bits per heavy atom. The van der Waals surface area contributed by atoms with E-state index in [9.17, 15) is 9.59 Å². The molecule has 0 aliphatic rings. The summed E-state index contributed by atoms with van der Waals surface area (Å²) in [7, 11) is 4.55. The Morgan fingerprint density at radius 2 is 1.62 bits per heavy atom. The maximum absolute atomic E-state index is 12.3. The summed E-state index contributed by atoms with van der Waals surface area (Å²) in [6.07, 6.45) is 3.48. The van der Waals surface area contributed by atoms with Crippen molar-refractivity contribution in [3.05, 3.63) is 47.5 Å². The predicted molar refractivity (Wildman–Crippen MR) is 121 cm³/mol. The van der Waals surface area contributed by atoms with Crippen LogP contribution in [-0.4, -0.2) is 52.5 Å². The number of carbonyl (C=O) groups excluding carboxylic acids is 2. The lowest BCUT2D eigenvalue weighted by Gasteiger charge is -2.10. The van der Waals surface area contributed by atoms with Gasteiger partial charge < -0.3 is 24.3 Å². The van der Waals surface area contributed by atoms with Crippen LogP contribution in [-0.2, 0) is 4.79 Å². The van der Waals surface area contributed by atoms with Gasteiger partial charge in [-0.1, -0.05) is 13.3 Å². The van der Waals surface area contributed by atoms with Crippen molar-refractivity contribution in [3.63, 3.8) is 0 Å². The molecular formula is C23H29N3O6. The highest BCUT2D eigenvalue weighted by Crippen LogP contribution is 2.28. The lowest BCUT2D eigenvalue weighted by molar-refractivity contribution is -0.120. The first-order valence-corrected chi connectivity index (χ1v) is 10.1. The second-order valence-electron chi connectivity index (χ2n) is 6.66.